The van der Waals surface area contributed by atoms with Crippen LogP contribution in [0.15, 0.2) is 30.6 Å². The number of nitrogens with one attached hydrogen (secondary N) is 1. The molecule has 0 amide bonds. The van der Waals surface area contributed by atoms with Gasteiger partial charge < -0.3 is 9.88 Å². The average molecular weight is 377 g/mol. The molecule has 26 heavy (non-hydrogen) atoms. The van der Waals surface area contributed by atoms with Gasteiger partial charge in [-0.2, -0.15) is 0 Å². The number of rotatable bonds is 6. The van der Waals surface area contributed by atoms with Crippen LogP contribution in [0.4, 0.5) is 4.39 Å². The molecule has 4 nitrogen and oxygen atoms in total. The van der Waals surface area contributed by atoms with E-state index in [2.05, 4.69) is 26.7 Å². The Balaban J connectivity index is 1.56. The third kappa shape index (κ3) is 3.53. The summed E-state index contributed by atoms with van der Waals surface area (Å²) in [4.78, 5) is 7.08. The Hall–Kier alpha value is -1.43. The molecule has 1 spiro atoms. The molecule has 1 aliphatic carbocycles. The van der Waals surface area contributed by atoms with Crippen LogP contribution in [-0.2, 0) is 19.6 Å². The average Bonchev–Trinajstić information content (AvgIpc) is 3.13. The number of aryl methyl sites for hydroxylation is 1. The summed E-state index contributed by atoms with van der Waals surface area (Å²) in [5.41, 5.74) is 1.50. The van der Waals surface area contributed by atoms with Crippen molar-refractivity contribution in [3.05, 3.63) is 52.8 Å². The van der Waals surface area contributed by atoms with Crippen LogP contribution in [0.5, 0.6) is 0 Å². The number of hydrogen-bond acceptors (Lipinski definition) is 3. The lowest BCUT2D eigenvalue weighted by Crippen LogP contribution is -2.36. The van der Waals surface area contributed by atoms with Crippen molar-refractivity contribution in [2.45, 2.75) is 51.9 Å². The van der Waals surface area contributed by atoms with Crippen molar-refractivity contribution in [3.63, 3.8) is 0 Å². The fourth-order valence-corrected chi connectivity index (χ4v) is 4.62. The lowest BCUT2D eigenvalue weighted by molar-refractivity contribution is 0.182. The largest absolute Gasteiger partial charge is 0.334 e. The third-order valence-electron chi connectivity index (χ3n) is 6.04. The van der Waals surface area contributed by atoms with Crippen molar-refractivity contribution in [2.75, 3.05) is 13.1 Å². The highest BCUT2D eigenvalue weighted by Crippen LogP contribution is 2.56. The molecule has 1 unspecified atom stereocenters. The topological polar surface area (TPSA) is 33.1 Å². The second-order valence-electron chi connectivity index (χ2n) is 7.62. The molecular formula is C20H26ClFN4. The molecule has 1 saturated heterocycles. The molecule has 1 saturated carbocycles. The number of hydrogen-bond donors (Lipinski definition) is 1. The van der Waals surface area contributed by atoms with E-state index in [9.17, 15) is 4.39 Å². The molecule has 6 heteroatoms. The van der Waals surface area contributed by atoms with Crippen molar-refractivity contribution >= 4 is 11.6 Å². The molecule has 2 aliphatic rings. The van der Waals surface area contributed by atoms with Crippen LogP contribution in [0.3, 0.4) is 0 Å². The first-order valence-corrected chi connectivity index (χ1v) is 9.88. The lowest BCUT2D eigenvalue weighted by atomic mass is 9.93. The van der Waals surface area contributed by atoms with E-state index in [0.717, 1.165) is 44.1 Å². The minimum Gasteiger partial charge on any atom is -0.334 e. The molecule has 1 aliphatic heterocycles. The number of piperidine rings is 1. The van der Waals surface area contributed by atoms with Crippen molar-refractivity contribution in [1.82, 2.24) is 19.8 Å². The first kappa shape index (κ1) is 18.0. The maximum absolute atomic E-state index is 13.5. The highest BCUT2D eigenvalue weighted by Gasteiger charge is 2.56. The van der Waals surface area contributed by atoms with Gasteiger partial charge >= 0.3 is 0 Å². The highest BCUT2D eigenvalue weighted by atomic mass is 35.5. The van der Waals surface area contributed by atoms with Crippen LogP contribution in [0.2, 0.25) is 5.02 Å². The Labute approximate surface area is 159 Å². The van der Waals surface area contributed by atoms with E-state index in [-0.39, 0.29) is 10.8 Å². The van der Waals surface area contributed by atoms with Crippen LogP contribution >= 0.6 is 11.6 Å². The van der Waals surface area contributed by atoms with Gasteiger partial charge in [-0.15, -0.1) is 0 Å². The van der Waals surface area contributed by atoms with Crippen LogP contribution in [0.25, 0.3) is 0 Å². The van der Waals surface area contributed by atoms with E-state index in [0.29, 0.717) is 11.5 Å². The van der Waals surface area contributed by atoms with Gasteiger partial charge in [-0.05, 0) is 62.4 Å². The molecular weight excluding hydrogens is 351 g/mol. The monoisotopic (exact) mass is 376 g/mol. The fraction of sp³-hybridized carbons (Fsp3) is 0.550. The van der Waals surface area contributed by atoms with Gasteiger partial charge in [0.2, 0.25) is 0 Å². The third-order valence-corrected chi connectivity index (χ3v) is 6.33. The molecule has 1 N–H and O–H groups in total. The van der Waals surface area contributed by atoms with Gasteiger partial charge in [0.15, 0.2) is 0 Å². The first-order valence-electron chi connectivity index (χ1n) is 9.50. The minimum atomic E-state index is -0.357. The van der Waals surface area contributed by atoms with Crippen LogP contribution in [0, 0.1) is 11.2 Å². The van der Waals surface area contributed by atoms with Crippen molar-refractivity contribution in [2.24, 2.45) is 5.41 Å². The van der Waals surface area contributed by atoms with E-state index >= 15 is 0 Å². The summed E-state index contributed by atoms with van der Waals surface area (Å²) < 4.78 is 15.7. The molecule has 140 valence electrons. The summed E-state index contributed by atoms with van der Waals surface area (Å²) in [5, 5.41) is 3.67. The first-order chi connectivity index (χ1) is 12.6. The molecule has 0 bridgehead atoms. The normalized spacial score (nSPS) is 21.5. The smallest absolute Gasteiger partial charge is 0.141 e. The predicted octanol–water partition coefficient (Wildman–Crippen LogP) is 3.84. The summed E-state index contributed by atoms with van der Waals surface area (Å²) in [7, 11) is 0. The molecule has 0 radical (unpaired) electrons. The number of imidazole rings is 1. The minimum absolute atomic E-state index is 0.199. The Morgan fingerprint density at radius 3 is 2.88 bits per heavy atom. The molecule has 2 heterocycles. The number of benzene rings is 1. The van der Waals surface area contributed by atoms with Crippen molar-refractivity contribution < 1.29 is 4.39 Å². The predicted molar refractivity (Wildman–Crippen MR) is 101 cm³/mol. The highest BCUT2D eigenvalue weighted by molar-refractivity contribution is 6.30. The Morgan fingerprint density at radius 1 is 1.35 bits per heavy atom. The van der Waals surface area contributed by atoms with Gasteiger partial charge in [-0.1, -0.05) is 17.7 Å². The fourth-order valence-electron chi connectivity index (χ4n) is 4.41. The number of halogens is 2. The van der Waals surface area contributed by atoms with Gasteiger partial charge in [0.05, 0.1) is 11.6 Å². The SMILES string of the molecule is CCn1ccnc1CN(Cc1ccc(F)c(Cl)c1)C1CC12CCNCC2. The summed E-state index contributed by atoms with van der Waals surface area (Å²) >= 11 is 6.01. The zero-order chi connectivity index (χ0) is 18.1. The van der Waals surface area contributed by atoms with E-state index in [1.54, 1.807) is 6.07 Å². The molecule has 1 atom stereocenters. The Morgan fingerprint density at radius 2 is 2.15 bits per heavy atom. The second-order valence-corrected chi connectivity index (χ2v) is 8.02. The number of nitrogens with zero attached hydrogens (tertiary/aromatic N) is 3. The maximum Gasteiger partial charge on any atom is 0.141 e. The van der Waals surface area contributed by atoms with Gasteiger partial charge in [-0.25, -0.2) is 9.37 Å². The standard InChI is InChI=1S/C20H26ClFN4/c1-2-25-10-9-24-19(25)14-26(13-15-3-4-17(22)16(21)11-15)18-12-20(18)5-7-23-8-6-20/h3-4,9-11,18,23H,2,5-8,12-14H2,1H3. The van der Waals surface area contributed by atoms with Crippen molar-refractivity contribution in [3.8, 4) is 0 Å². The van der Waals surface area contributed by atoms with Crippen LogP contribution in [0.1, 0.15) is 37.6 Å². The Bertz CT molecular complexity index is 769. The zero-order valence-corrected chi connectivity index (χ0v) is 16.0. The Kier molecular flexibility index (Phi) is 5.04. The molecule has 1 aromatic carbocycles. The molecule has 2 fully saturated rings. The molecule has 1 aromatic heterocycles. The quantitative estimate of drug-likeness (QED) is 0.831. The summed E-state index contributed by atoms with van der Waals surface area (Å²) in [6, 6.07) is 5.64. The summed E-state index contributed by atoms with van der Waals surface area (Å²) in [6.45, 7) is 6.87. The van der Waals surface area contributed by atoms with E-state index in [1.807, 2.05) is 18.5 Å². The molecule has 2 aromatic rings. The lowest BCUT2D eigenvalue weighted by Gasteiger charge is -2.29. The van der Waals surface area contributed by atoms with E-state index in [4.69, 9.17) is 11.6 Å². The van der Waals surface area contributed by atoms with E-state index < -0.39 is 0 Å². The zero-order valence-electron chi connectivity index (χ0n) is 15.2. The van der Waals surface area contributed by atoms with Crippen LogP contribution in [-0.4, -0.2) is 33.6 Å². The summed E-state index contributed by atoms with van der Waals surface area (Å²) in [6.07, 6.45) is 7.63. The van der Waals surface area contributed by atoms with Gasteiger partial charge in [0.1, 0.15) is 11.6 Å². The van der Waals surface area contributed by atoms with Crippen molar-refractivity contribution in [1.29, 1.82) is 0 Å². The van der Waals surface area contributed by atoms with E-state index in [1.165, 1.54) is 25.3 Å². The van der Waals surface area contributed by atoms with Gasteiger partial charge in [0.25, 0.3) is 0 Å². The summed E-state index contributed by atoms with van der Waals surface area (Å²) in [5.74, 6) is 0.737. The van der Waals surface area contributed by atoms with Crippen LogP contribution < -0.4 is 5.32 Å². The second kappa shape index (κ2) is 7.29. The van der Waals surface area contributed by atoms with Gasteiger partial charge in [-0.3, -0.25) is 4.90 Å². The molecule has 4 rings (SSSR count). The maximum atomic E-state index is 13.5. The van der Waals surface area contributed by atoms with Gasteiger partial charge in [0, 0.05) is 31.5 Å². The number of aromatic nitrogens is 2.